The van der Waals surface area contributed by atoms with Crippen molar-refractivity contribution in [2.24, 2.45) is 0 Å². The maximum Gasteiger partial charge on any atom is 0.277 e. The molecule has 0 aliphatic carbocycles. The van der Waals surface area contributed by atoms with Crippen molar-refractivity contribution in [1.29, 1.82) is 0 Å². The number of hydrogen-bond acceptors (Lipinski definition) is 7. The molecule has 0 saturated heterocycles. The average Bonchev–Trinajstić information content (AvgIpc) is 3.47. The highest BCUT2D eigenvalue weighted by molar-refractivity contribution is 7.98. The largest absolute Gasteiger partial charge is 0.411 e. The smallest absolute Gasteiger partial charge is 0.277 e. The van der Waals surface area contributed by atoms with Crippen molar-refractivity contribution >= 4 is 39.8 Å². The predicted octanol–water partition coefficient (Wildman–Crippen LogP) is 7.03. The van der Waals surface area contributed by atoms with Crippen LogP contribution in [-0.2, 0) is 22.4 Å². The standard InChI is InChI=1S/C26H28N4O2S2/c1-6-18-9-7-8-10-22(18)30(17(2)31)24-27-21(15-33-24)16-34-25-29-28-23(32-25)19-11-13-20(14-12-19)26(3,4)5/h7-15H,6,16H2,1-5H3. The van der Waals surface area contributed by atoms with Crippen LogP contribution in [0.2, 0.25) is 0 Å². The quantitative estimate of drug-likeness (QED) is 0.258. The van der Waals surface area contributed by atoms with E-state index in [2.05, 4.69) is 50.0 Å². The van der Waals surface area contributed by atoms with Gasteiger partial charge in [0.05, 0.1) is 11.4 Å². The van der Waals surface area contributed by atoms with Crippen molar-refractivity contribution in [3.05, 3.63) is 70.7 Å². The lowest BCUT2D eigenvalue weighted by Gasteiger charge is -2.20. The Kier molecular flexibility index (Phi) is 7.19. The Labute approximate surface area is 208 Å². The van der Waals surface area contributed by atoms with Crippen LogP contribution in [0, 0.1) is 0 Å². The minimum Gasteiger partial charge on any atom is -0.411 e. The maximum atomic E-state index is 12.5. The summed E-state index contributed by atoms with van der Waals surface area (Å²) in [5.41, 5.74) is 5.10. The second-order valence-corrected chi connectivity index (χ2v) is 10.7. The second kappa shape index (κ2) is 10.1. The summed E-state index contributed by atoms with van der Waals surface area (Å²) in [5.74, 6) is 1.01. The molecule has 4 aromatic rings. The van der Waals surface area contributed by atoms with Gasteiger partial charge in [-0.2, -0.15) is 0 Å². The lowest BCUT2D eigenvalue weighted by atomic mass is 9.87. The fourth-order valence-electron chi connectivity index (χ4n) is 3.53. The topological polar surface area (TPSA) is 72.1 Å². The Morgan fingerprint density at radius 1 is 1.09 bits per heavy atom. The van der Waals surface area contributed by atoms with Gasteiger partial charge >= 0.3 is 0 Å². The van der Waals surface area contributed by atoms with Gasteiger partial charge in [-0.15, -0.1) is 21.5 Å². The monoisotopic (exact) mass is 492 g/mol. The van der Waals surface area contributed by atoms with Gasteiger partial charge in [-0.25, -0.2) is 4.98 Å². The number of benzene rings is 2. The number of carbonyl (C=O) groups excluding carboxylic acids is 1. The Morgan fingerprint density at radius 2 is 1.82 bits per heavy atom. The van der Waals surface area contributed by atoms with Gasteiger partial charge in [0.2, 0.25) is 11.8 Å². The van der Waals surface area contributed by atoms with Crippen molar-refractivity contribution in [1.82, 2.24) is 15.2 Å². The molecule has 1 amide bonds. The molecule has 0 radical (unpaired) electrons. The third-order valence-corrected chi connectivity index (χ3v) is 7.13. The molecule has 2 aromatic heterocycles. The van der Waals surface area contributed by atoms with Gasteiger partial charge in [0.1, 0.15) is 0 Å². The molecule has 0 bridgehead atoms. The first-order valence-corrected chi connectivity index (χ1v) is 13.0. The van der Waals surface area contributed by atoms with Crippen molar-refractivity contribution in [2.75, 3.05) is 4.90 Å². The van der Waals surface area contributed by atoms with Crippen LogP contribution in [0.15, 0.2) is 63.6 Å². The summed E-state index contributed by atoms with van der Waals surface area (Å²) in [6.45, 7) is 10.2. The zero-order valence-corrected chi connectivity index (χ0v) is 21.7. The zero-order chi connectivity index (χ0) is 24.3. The number of aryl methyl sites for hydroxylation is 1. The first-order valence-electron chi connectivity index (χ1n) is 11.2. The van der Waals surface area contributed by atoms with E-state index in [9.17, 15) is 4.79 Å². The summed E-state index contributed by atoms with van der Waals surface area (Å²) < 4.78 is 5.86. The van der Waals surface area contributed by atoms with Crippen LogP contribution >= 0.6 is 23.1 Å². The Morgan fingerprint density at radius 3 is 2.50 bits per heavy atom. The number of hydrogen-bond donors (Lipinski definition) is 0. The number of anilines is 2. The van der Waals surface area contributed by atoms with E-state index >= 15 is 0 Å². The molecule has 0 aliphatic heterocycles. The molecule has 0 atom stereocenters. The van der Waals surface area contributed by atoms with Gasteiger partial charge in [0, 0.05) is 23.6 Å². The molecular formula is C26H28N4O2S2. The first-order chi connectivity index (χ1) is 16.3. The number of thioether (sulfide) groups is 1. The number of thiazole rings is 1. The highest BCUT2D eigenvalue weighted by Crippen LogP contribution is 2.34. The number of rotatable bonds is 7. The summed E-state index contributed by atoms with van der Waals surface area (Å²) in [6, 6.07) is 16.2. The second-order valence-electron chi connectivity index (χ2n) is 8.95. The Hall–Kier alpha value is -2.97. The summed E-state index contributed by atoms with van der Waals surface area (Å²) >= 11 is 2.89. The molecule has 0 unspecified atom stereocenters. The molecule has 34 heavy (non-hydrogen) atoms. The van der Waals surface area contributed by atoms with Crippen LogP contribution in [0.4, 0.5) is 10.8 Å². The van der Waals surface area contributed by atoms with Gasteiger partial charge in [0.25, 0.3) is 5.22 Å². The summed E-state index contributed by atoms with van der Waals surface area (Å²) in [5, 5.41) is 11.5. The maximum absolute atomic E-state index is 12.5. The number of amides is 1. The van der Waals surface area contributed by atoms with E-state index in [1.54, 1.807) is 11.8 Å². The molecule has 8 heteroatoms. The zero-order valence-electron chi connectivity index (χ0n) is 20.0. The average molecular weight is 493 g/mol. The summed E-state index contributed by atoms with van der Waals surface area (Å²) in [6.07, 6.45) is 0.840. The molecular weight excluding hydrogens is 464 g/mol. The third kappa shape index (κ3) is 5.39. The van der Waals surface area contributed by atoms with Crippen molar-refractivity contribution < 1.29 is 9.21 Å². The summed E-state index contributed by atoms with van der Waals surface area (Å²) in [4.78, 5) is 18.9. The number of para-hydroxylation sites is 1. The number of nitrogens with zero attached hydrogens (tertiary/aromatic N) is 4. The van der Waals surface area contributed by atoms with E-state index < -0.39 is 0 Å². The molecule has 176 valence electrons. The SMILES string of the molecule is CCc1ccccc1N(C(C)=O)c1nc(CSc2nnc(-c3ccc(C(C)(C)C)cc3)o2)cs1. The third-order valence-electron chi connectivity index (χ3n) is 5.41. The lowest BCUT2D eigenvalue weighted by molar-refractivity contribution is -0.115. The van der Waals surface area contributed by atoms with Crippen molar-refractivity contribution in [3.63, 3.8) is 0 Å². The summed E-state index contributed by atoms with van der Waals surface area (Å²) in [7, 11) is 0. The fraction of sp³-hybridized carbons (Fsp3) is 0.308. The molecule has 0 spiro atoms. The highest BCUT2D eigenvalue weighted by Gasteiger charge is 2.20. The van der Waals surface area contributed by atoms with E-state index in [-0.39, 0.29) is 11.3 Å². The molecule has 0 saturated carbocycles. The van der Waals surface area contributed by atoms with E-state index in [0.717, 1.165) is 28.9 Å². The number of carbonyl (C=O) groups is 1. The number of aromatic nitrogens is 3. The van der Waals surface area contributed by atoms with Gasteiger partial charge in [-0.05, 0) is 41.2 Å². The fourth-order valence-corrected chi connectivity index (χ4v) is 5.17. The molecule has 2 heterocycles. The molecule has 6 nitrogen and oxygen atoms in total. The molecule has 2 aromatic carbocycles. The van der Waals surface area contributed by atoms with Crippen molar-refractivity contribution in [3.8, 4) is 11.5 Å². The van der Waals surface area contributed by atoms with Gasteiger partial charge < -0.3 is 4.42 Å². The Bertz CT molecular complexity index is 1270. The highest BCUT2D eigenvalue weighted by atomic mass is 32.2. The minimum absolute atomic E-state index is 0.0616. The van der Waals surface area contributed by atoms with E-state index in [1.807, 2.05) is 41.8 Å². The van der Waals surface area contributed by atoms with Crippen LogP contribution in [-0.4, -0.2) is 21.1 Å². The van der Waals surface area contributed by atoms with E-state index in [0.29, 0.717) is 22.0 Å². The van der Waals surface area contributed by atoms with E-state index in [1.165, 1.54) is 28.7 Å². The van der Waals surface area contributed by atoms with Crippen LogP contribution in [0.3, 0.4) is 0 Å². The van der Waals surface area contributed by atoms with Crippen LogP contribution < -0.4 is 4.90 Å². The predicted molar refractivity (Wildman–Crippen MR) is 139 cm³/mol. The molecule has 0 aliphatic rings. The normalized spacial score (nSPS) is 11.6. The van der Waals surface area contributed by atoms with Crippen LogP contribution in [0.5, 0.6) is 0 Å². The first kappa shape index (κ1) is 24.2. The van der Waals surface area contributed by atoms with E-state index in [4.69, 9.17) is 9.40 Å². The van der Waals surface area contributed by atoms with Crippen molar-refractivity contribution in [2.45, 2.75) is 57.4 Å². The molecule has 0 fully saturated rings. The van der Waals surface area contributed by atoms with Gasteiger partial charge in [-0.1, -0.05) is 69.8 Å². The molecule has 4 rings (SSSR count). The van der Waals surface area contributed by atoms with Gasteiger partial charge in [-0.3, -0.25) is 9.69 Å². The lowest BCUT2D eigenvalue weighted by Crippen LogP contribution is -2.23. The van der Waals surface area contributed by atoms with Gasteiger partial charge in [0.15, 0.2) is 5.13 Å². The Balaban J connectivity index is 1.45. The van der Waals surface area contributed by atoms with Crippen LogP contribution in [0.1, 0.15) is 51.4 Å². The molecule has 0 N–H and O–H groups in total. The van der Waals surface area contributed by atoms with Crippen LogP contribution in [0.25, 0.3) is 11.5 Å². The minimum atomic E-state index is -0.0616.